The van der Waals surface area contributed by atoms with Crippen molar-refractivity contribution in [3.8, 4) is 5.69 Å². The lowest BCUT2D eigenvalue weighted by Crippen LogP contribution is -2.39. The Morgan fingerprint density at radius 1 is 0.964 bits per heavy atom. The second kappa shape index (κ2) is 6.56. The zero-order valence-electron chi connectivity index (χ0n) is 15.0. The SMILES string of the molecule is O=c1c2c3c(sc2n(Cc2ccccc2F)c(=O)n1-c1ccccc1)CCC3. The van der Waals surface area contributed by atoms with Crippen LogP contribution in [0.25, 0.3) is 15.9 Å². The zero-order valence-corrected chi connectivity index (χ0v) is 15.8. The number of aromatic nitrogens is 2. The lowest BCUT2D eigenvalue weighted by Gasteiger charge is -2.13. The average molecular weight is 392 g/mol. The van der Waals surface area contributed by atoms with Crippen molar-refractivity contribution < 1.29 is 4.39 Å². The average Bonchev–Trinajstić information content (AvgIpc) is 3.28. The second-order valence-corrected chi connectivity index (χ2v) is 8.06. The zero-order chi connectivity index (χ0) is 19.3. The standard InChI is InChI=1S/C22H17FN2O2S/c23-17-11-5-4-7-14(17)13-24-21-19(16-10-6-12-18(16)28-21)20(26)25(22(24)27)15-8-2-1-3-9-15/h1-5,7-9,11H,6,10,12-13H2. The van der Waals surface area contributed by atoms with Gasteiger partial charge in [0.2, 0.25) is 0 Å². The molecule has 2 aromatic heterocycles. The first kappa shape index (κ1) is 17.1. The van der Waals surface area contributed by atoms with Crippen LogP contribution in [0.15, 0.2) is 64.2 Å². The third-order valence-corrected chi connectivity index (χ3v) is 6.60. The van der Waals surface area contributed by atoms with Crippen LogP contribution in [0.1, 0.15) is 22.4 Å². The number of thiophene rings is 1. The number of halogens is 1. The molecule has 5 rings (SSSR count). The Bertz CT molecular complexity index is 1320. The van der Waals surface area contributed by atoms with Gasteiger partial charge in [0, 0.05) is 10.4 Å². The van der Waals surface area contributed by atoms with Crippen LogP contribution in [-0.4, -0.2) is 9.13 Å². The van der Waals surface area contributed by atoms with Crippen LogP contribution in [0, 0.1) is 5.82 Å². The maximum absolute atomic E-state index is 14.3. The molecule has 4 aromatic rings. The van der Waals surface area contributed by atoms with Crippen LogP contribution in [0.2, 0.25) is 0 Å². The molecule has 0 fully saturated rings. The molecular formula is C22H17FN2O2S. The first-order valence-corrected chi connectivity index (χ1v) is 10.1. The summed E-state index contributed by atoms with van der Waals surface area (Å²) in [6.45, 7) is 0.0918. The van der Waals surface area contributed by atoms with Crippen molar-refractivity contribution in [3.05, 3.63) is 97.3 Å². The van der Waals surface area contributed by atoms with E-state index in [1.54, 1.807) is 47.0 Å². The van der Waals surface area contributed by atoms with Crippen LogP contribution < -0.4 is 11.2 Å². The summed E-state index contributed by atoms with van der Waals surface area (Å²) >= 11 is 1.50. The number of para-hydroxylation sites is 1. The van der Waals surface area contributed by atoms with Gasteiger partial charge in [0.05, 0.1) is 17.6 Å². The predicted molar refractivity (Wildman–Crippen MR) is 109 cm³/mol. The van der Waals surface area contributed by atoms with Gasteiger partial charge < -0.3 is 0 Å². The van der Waals surface area contributed by atoms with Crippen molar-refractivity contribution in [2.45, 2.75) is 25.8 Å². The largest absolute Gasteiger partial charge is 0.337 e. The molecule has 6 heteroatoms. The smallest absolute Gasteiger partial charge is 0.279 e. The van der Waals surface area contributed by atoms with Gasteiger partial charge in [-0.15, -0.1) is 11.3 Å². The van der Waals surface area contributed by atoms with Crippen LogP contribution in [0.5, 0.6) is 0 Å². The molecule has 1 aliphatic carbocycles. The van der Waals surface area contributed by atoms with E-state index in [0.717, 1.165) is 24.8 Å². The highest BCUT2D eigenvalue weighted by Gasteiger charge is 2.25. The number of fused-ring (bicyclic) bond motifs is 3. The lowest BCUT2D eigenvalue weighted by atomic mass is 10.2. The highest BCUT2D eigenvalue weighted by Crippen LogP contribution is 2.35. The van der Waals surface area contributed by atoms with Crippen molar-refractivity contribution >= 4 is 21.6 Å². The summed E-state index contributed by atoms with van der Waals surface area (Å²) in [5.41, 5.74) is 1.29. The molecule has 0 aliphatic heterocycles. The first-order valence-electron chi connectivity index (χ1n) is 9.24. The number of hydrogen-bond acceptors (Lipinski definition) is 3. The topological polar surface area (TPSA) is 44.0 Å². The molecule has 0 radical (unpaired) electrons. The van der Waals surface area contributed by atoms with Crippen LogP contribution in [0.4, 0.5) is 4.39 Å². The Labute approximate surface area is 164 Å². The quantitative estimate of drug-likeness (QED) is 0.531. The van der Waals surface area contributed by atoms with E-state index in [1.807, 2.05) is 6.07 Å². The summed E-state index contributed by atoms with van der Waals surface area (Å²) in [5, 5.41) is 0.609. The first-order chi connectivity index (χ1) is 13.6. The number of benzene rings is 2. The van der Waals surface area contributed by atoms with Crippen molar-refractivity contribution in [2.24, 2.45) is 0 Å². The van der Waals surface area contributed by atoms with Crippen LogP contribution in [-0.2, 0) is 19.4 Å². The number of rotatable bonds is 3. The maximum atomic E-state index is 14.3. The molecule has 0 saturated heterocycles. The minimum absolute atomic E-state index is 0.0918. The summed E-state index contributed by atoms with van der Waals surface area (Å²) in [6.07, 6.45) is 2.79. The minimum Gasteiger partial charge on any atom is -0.279 e. The second-order valence-electron chi connectivity index (χ2n) is 6.97. The van der Waals surface area contributed by atoms with Crippen molar-refractivity contribution in [1.82, 2.24) is 9.13 Å². The third kappa shape index (κ3) is 2.56. The number of aryl methyl sites for hydroxylation is 2. The number of hydrogen-bond donors (Lipinski definition) is 0. The summed E-state index contributed by atoms with van der Waals surface area (Å²) in [5.74, 6) is -0.357. The van der Waals surface area contributed by atoms with Gasteiger partial charge in [0.25, 0.3) is 5.56 Å². The molecular weight excluding hydrogens is 375 g/mol. The van der Waals surface area contributed by atoms with Crippen molar-refractivity contribution in [3.63, 3.8) is 0 Å². The third-order valence-electron chi connectivity index (χ3n) is 5.29. The Kier molecular flexibility index (Phi) is 4.02. The molecule has 0 amide bonds. The maximum Gasteiger partial charge on any atom is 0.337 e. The summed E-state index contributed by atoms with van der Waals surface area (Å²) in [4.78, 5) is 28.5. The van der Waals surface area contributed by atoms with E-state index in [0.29, 0.717) is 21.5 Å². The van der Waals surface area contributed by atoms with E-state index < -0.39 is 5.69 Å². The van der Waals surface area contributed by atoms with Gasteiger partial charge in [0.1, 0.15) is 10.6 Å². The van der Waals surface area contributed by atoms with E-state index >= 15 is 0 Å². The van der Waals surface area contributed by atoms with Gasteiger partial charge in [0.15, 0.2) is 0 Å². The Hall–Kier alpha value is -2.99. The number of nitrogens with zero attached hydrogens (tertiary/aromatic N) is 2. The van der Waals surface area contributed by atoms with Gasteiger partial charge in [-0.1, -0.05) is 36.4 Å². The molecule has 0 spiro atoms. The van der Waals surface area contributed by atoms with Crippen molar-refractivity contribution in [1.29, 1.82) is 0 Å². The molecule has 0 N–H and O–H groups in total. The normalized spacial score (nSPS) is 13.2. The molecule has 0 unspecified atom stereocenters. The van der Waals surface area contributed by atoms with E-state index in [-0.39, 0.29) is 17.9 Å². The Balaban J connectivity index is 1.85. The molecule has 0 bridgehead atoms. The molecule has 0 saturated carbocycles. The fourth-order valence-corrected chi connectivity index (χ4v) is 5.32. The Morgan fingerprint density at radius 2 is 1.71 bits per heavy atom. The fourth-order valence-electron chi connectivity index (χ4n) is 3.95. The van der Waals surface area contributed by atoms with Gasteiger partial charge >= 0.3 is 5.69 Å². The molecule has 2 heterocycles. The van der Waals surface area contributed by atoms with Gasteiger partial charge in [-0.3, -0.25) is 9.36 Å². The van der Waals surface area contributed by atoms with E-state index in [1.165, 1.54) is 26.8 Å². The molecule has 4 nitrogen and oxygen atoms in total. The summed E-state index contributed by atoms with van der Waals surface area (Å²) in [6, 6.07) is 15.4. The molecule has 28 heavy (non-hydrogen) atoms. The molecule has 0 atom stereocenters. The van der Waals surface area contributed by atoms with E-state index in [9.17, 15) is 14.0 Å². The van der Waals surface area contributed by atoms with Crippen LogP contribution in [0.3, 0.4) is 0 Å². The lowest BCUT2D eigenvalue weighted by molar-refractivity contribution is 0.595. The predicted octanol–water partition coefficient (Wildman–Crippen LogP) is 3.89. The van der Waals surface area contributed by atoms with Gasteiger partial charge in [-0.25, -0.2) is 13.8 Å². The summed E-state index contributed by atoms with van der Waals surface area (Å²) < 4.78 is 17.1. The summed E-state index contributed by atoms with van der Waals surface area (Å²) in [7, 11) is 0. The fraction of sp³-hybridized carbons (Fsp3) is 0.182. The minimum atomic E-state index is -0.438. The Morgan fingerprint density at radius 3 is 2.50 bits per heavy atom. The van der Waals surface area contributed by atoms with Gasteiger partial charge in [-0.2, -0.15) is 0 Å². The molecule has 140 valence electrons. The molecule has 1 aliphatic rings. The van der Waals surface area contributed by atoms with Gasteiger partial charge in [-0.05, 0) is 43.0 Å². The van der Waals surface area contributed by atoms with Crippen molar-refractivity contribution in [2.75, 3.05) is 0 Å². The van der Waals surface area contributed by atoms with E-state index in [2.05, 4.69) is 0 Å². The van der Waals surface area contributed by atoms with Crippen LogP contribution >= 0.6 is 11.3 Å². The highest BCUT2D eigenvalue weighted by atomic mass is 32.1. The highest BCUT2D eigenvalue weighted by molar-refractivity contribution is 7.18. The monoisotopic (exact) mass is 392 g/mol. The van der Waals surface area contributed by atoms with E-state index in [4.69, 9.17) is 0 Å². The molecule has 2 aromatic carbocycles.